The van der Waals surface area contributed by atoms with Crippen molar-refractivity contribution in [1.29, 1.82) is 5.26 Å². The van der Waals surface area contributed by atoms with Gasteiger partial charge in [-0.05, 0) is 31.4 Å². The standard InChI is InChI=1S/C14H13N3/c15-11-14(7-4-8-14)12-9-16-17(10-12)13-5-2-1-3-6-13/h1-3,5-6,9-10H,4,7-8H2. The van der Waals surface area contributed by atoms with E-state index in [-0.39, 0.29) is 5.41 Å². The van der Waals surface area contributed by atoms with E-state index in [1.165, 1.54) is 0 Å². The first-order chi connectivity index (χ1) is 8.34. The van der Waals surface area contributed by atoms with Gasteiger partial charge in [0.2, 0.25) is 0 Å². The largest absolute Gasteiger partial charge is 0.241 e. The first-order valence-corrected chi connectivity index (χ1v) is 5.86. The third kappa shape index (κ3) is 1.53. The van der Waals surface area contributed by atoms with Gasteiger partial charge in [0, 0.05) is 11.8 Å². The molecule has 0 spiro atoms. The summed E-state index contributed by atoms with van der Waals surface area (Å²) >= 11 is 0. The Morgan fingerprint density at radius 2 is 2.00 bits per heavy atom. The van der Waals surface area contributed by atoms with E-state index in [9.17, 15) is 5.26 Å². The molecule has 0 bridgehead atoms. The lowest BCUT2D eigenvalue weighted by Crippen LogP contribution is -2.31. The van der Waals surface area contributed by atoms with E-state index in [2.05, 4.69) is 11.2 Å². The summed E-state index contributed by atoms with van der Waals surface area (Å²) in [6.45, 7) is 0. The summed E-state index contributed by atoms with van der Waals surface area (Å²) in [5.41, 5.74) is 1.81. The molecule has 1 saturated carbocycles. The minimum Gasteiger partial charge on any atom is -0.241 e. The lowest BCUT2D eigenvalue weighted by molar-refractivity contribution is 0.324. The van der Waals surface area contributed by atoms with Crippen molar-refractivity contribution in [3.05, 3.63) is 48.3 Å². The summed E-state index contributed by atoms with van der Waals surface area (Å²) in [7, 11) is 0. The zero-order valence-electron chi connectivity index (χ0n) is 9.50. The molecule has 3 rings (SSSR count). The molecule has 1 fully saturated rings. The highest BCUT2D eigenvalue weighted by atomic mass is 15.3. The second-order valence-electron chi connectivity index (χ2n) is 4.56. The first kappa shape index (κ1) is 10.1. The smallest absolute Gasteiger partial charge is 0.0853 e. The van der Waals surface area contributed by atoms with Gasteiger partial charge in [-0.15, -0.1) is 0 Å². The van der Waals surface area contributed by atoms with E-state index in [0.717, 1.165) is 30.5 Å². The topological polar surface area (TPSA) is 41.6 Å². The predicted octanol–water partition coefficient (Wildman–Crippen LogP) is 2.82. The van der Waals surface area contributed by atoms with Crippen LogP contribution in [0, 0.1) is 11.3 Å². The Morgan fingerprint density at radius 1 is 1.24 bits per heavy atom. The molecule has 17 heavy (non-hydrogen) atoms. The lowest BCUT2D eigenvalue weighted by atomic mass is 9.66. The average Bonchev–Trinajstić information content (AvgIpc) is 2.80. The van der Waals surface area contributed by atoms with Crippen molar-refractivity contribution in [2.45, 2.75) is 24.7 Å². The van der Waals surface area contributed by atoms with Crippen molar-refractivity contribution in [2.24, 2.45) is 0 Å². The molecule has 0 atom stereocenters. The fraction of sp³-hybridized carbons (Fsp3) is 0.286. The molecule has 2 aromatic rings. The van der Waals surface area contributed by atoms with Gasteiger partial charge in [-0.1, -0.05) is 18.2 Å². The van der Waals surface area contributed by atoms with Gasteiger partial charge in [-0.3, -0.25) is 0 Å². The fourth-order valence-electron chi connectivity index (χ4n) is 2.29. The number of hydrogen-bond donors (Lipinski definition) is 0. The summed E-state index contributed by atoms with van der Waals surface area (Å²) in [5, 5.41) is 13.6. The SMILES string of the molecule is N#CC1(c2cnn(-c3ccccc3)c2)CCC1. The molecule has 0 amide bonds. The van der Waals surface area contributed by atoms with Crippen LogP contribution in [0.3, 0.4) is 0 Å². The molecule has 1 aliphatic carbocycles. The van der Waals surface area contributed by atoms with Crippen molar-refractivity contribution in [3.8, 4) is 11.8 Å². The van der Waals surface area contributed by atoms with E-state index in [4.69, 9.17) is 0 Å². The quantitative estimate of drug-likeness (QED) is 0.785. The number of aromatic nitrogens is 2. The molecule has 84 valence electrons. The number of benzene rings is 1. The van der Waals surface area contributed by atoms with Crippen LogP contribution in [0.2, 0.25) is 0 Å². The maximum Gasteiger partial charge on any atom is 0.0853 e. The van der Waals surface area contributed by atoms with Crippen LogP contribution < -0.4 is 0 Å². The highest BCUT2D eigenvalue weighted by Gasteiger charge is 2.40. The van der Waals surface area contributed by atoms with E-state index in [1.54, 1.807) is 0 Å². The molecular formula is C14H13N3. The average molecular weight is 223 g/mol. The molecule has 0 N–H and O–H groups in total. The number of nitriles is 1. The van der Waals surface area contributed by atoms with Crippen LogP contribution >= 0.6 is 0 Å². The number of hydrogen-bond acceptors (Lipinski definition) is 2. The van der Waals surface area contributed by atoms with E-state index < -0.39 is 0 Å². The minimum absolute atomic E-state index is 0.271. The van der Waals surface area contributed by atoms with Crippen LogP contribution in [-0.2, 0) is 5.41 Å². The molecule has 0 aliphatic heterocycles. The van der Waals surface area contributed by atoms with Crippen molar-refractivity contribution in [2.75, 3.05) is 0 Å². The highest BCUT2D eigenvalue weighted by Crippen LogP contribution is 2.42. The summed E-state index contributed by atoms with van der Waals surface area (Å²) < 4.78 is 1.84. The second-order valence-corrected chi connectivity index (χ2v) is 4.56. The molecule has 1 heterocycles. The van der Waals surface area contributed by atoms with Crippen LogP contribution in [0.15, 0.2) is 42.7 Å². The first-order valence-electron chi connectivity index (χ1n) is 5.86. The van der Waals surface area contributed by atoms with Crippen molar-refractivity contribution < 1.29 is 0 Å². The maximum absolute atomic E-state index is 9.28. The zero-order chi connectivity index (χ0) is 11.7. The third-order valence-electron chi connectivity index (χ3n) is 3.58. The van der Waals surface area contributed by atoms with Gasteiger partial charge >= 0.3 is 0 Å². The molecular weight excluding hydrogens is 210 g/mol. The number of rotatable bonds is 2. The normalized spacial score (nSPS) is 17.1. The van der Waals surface area contributed by atoms with Gasteiger partial charge < -0.3 is 0 Å². The fourth-order valence-corrected chi connectivity index (χ4v) is 2.29. The van der Waals surface area contributed by atoms with Gasteiger partial charge in [0.25, 0.3) is 0 Å². The summed E-state index contributed by atoms with van der Waals surface area (Å²) in [5.74, 6) is 0. The Bertz CT molecular complexity index is 559. The number of nitrogens with zero attached hydrogens (tertiary/aromatic N) is 3. The van der Waals surface area contributed by atoms with Gasteiger partial charge in [-0.25, -0.2) is 4.68 Å². The Morgan fingerprint density at radius 3 is 2.59 bits per heavy atom. The molecule has 1 aromatic carbocycles. The van der Waals surface area contributed by atoms with Crippen molar-refractivity contribution >= 4 is 0 Å². The van der Waals surface area contributed by atoms with Crippen LogP contribution in [0.1, 0.15) is 24.8 Å². The monoisotopic (exact) mass is 223 g/mol. The molecule has 3 heteroatoms. The summed E-state index contributed by atoms with van der Waals surface area (Å²) in [6.07, 6.45) is 6.88. The van der Waals surface area contributed by atoms with Crippen LogP contribution in [0.25, 0.3) is 5.69 Å². The van der Waals surface area contributed by atoms with Crippen molar-refractivity contribution in [3.63, 3.8) is 0 Å². The molecule has 0 radical (unpaired) electrons. The lowest BCUT2D eigenvalue weighted by Gasteiger charge is -2.34. The van der Waals surface area contributed by atoms with E-state index in [1.807, 2.05) is 47.4 Å². The van der Waals surface area contributed by atoms with Gasteiger partial charge in [0.05, 0.1) is 23.4 Å². The van der Waals surface area contributed by atoms with E-state index >= 15 is 0 Å². The maximum atomic E-state index is 9.28. The van der Waals surface area contributed by atoms with E-state index in [0.29, 0.717) is 0 Å². The molecule has 1 aliphatic rings. The van der Waals surface area contributed by atoms with Crippen molar-refractivity contribution in [1.82, 2.24) is 9.78 Å². The van der Waals surface area contributed by atoms with Gasteiger partial charge in [0.15, 0.2) is 0 Å². The molecule has 0 saturated heterocycles. The molecule has 3 nitrogen and oxygen atoms in total. The van der Waals surface area contributed by atoms with Crippen LogP contribution in [-0.4, -0.2) is 9.78 Å². The molecule has 0 unspecified atom stereocenters. The second kappa shape index (κ2) is 3.74. The summed E-state index contributed by atoms with van der Waals surface area (Å²) in [4.78, 5) is 0. The van der Waals surface area contributed by atoms with Gasteiger partial charge in [0.1, 0.15) is 0 Å². The Labute approximate surface area is 100 Å². The van der Waals surface area contributed by atoms with Crippen LogP contribution in [0.4, 0.5) is 0 Å². The zero-order valence-corrected chi connectivity index (χ0v) is 9.50. The highest BCUT2D eigenvalue weighted by molar-refractivity contribution is 5.36. The Kier molecular flexibility index (Phi) is 2.22. The van der Waals surface area contributed by atoms with Crippen LogP contribution in [0.5, 0.6) is 0 Å². The Balaban J connectivity index is 1.97. The predicted molar refractivity (Wildman–Crippen MR) is 64.7 cm³/mol. The Hall–Kier alpha value is -2.08. The van der Waals surface area contributed by atoms with Gasteiger partial charge in [-0.2, -0.15) is 10.4 Å². The summed E-state index contributed by atoms with van der Waals surface area (Å²) in [6, 6.07) is 12.4. The third-order valence-corrected chi connectivity index (χ3v) is 3.58. The molecule has 1 aromatic heterocycles. The number of para-hydroxylation sites is 1. The minimum atomic E-state index is -0.271.